The van der Waals surface area contributed by atoms with E-state index in [9.17, 15) is 36.7 Å². The number of carboxylic acid groups (broad SMARTS) is 2. The average Bonchev–Trinajstić information content (AvgIpc) is 2.35. The fourth-order valence-electron chi connectivity index (χ4n) is 1.05. The zero-order valence-corrected chi connectivity index (χ0v) is 10.2. The summed E-state index contributed by atoms with van der Waals surface area (Å²) in [6, 6.07) is 0. The van der Waals surface area contributed by atoms with Gasteiger partial charge in [-0.25, -0.2) is 27.2 Å². The third kappa shape index (κ3) is 6.68. The van der Waals surface area contributed by atoms with Crippen LogP contribution in [0.4, 0.5) is 17.6 Å². The highest BCUT2D eigenvalue weighted by atomic mass is 19.2. The zero-order valence-electron chi connectivity index (χ0n) is 10.2. The molecule has 21 heavy (non-hydrogen) atoms. The van der Waals surface area contributed by atoms with Crippen LogP contribution in [0.1, 0.15) is 12.8 Å². The number of halogens is 4. The van der Waals surface area contributed by atoms with Gasteiger partial charge in [0, 0.05) is 0 Å². The third-order valence-corrected chi connectivity index (χ3v) is 2.06. The van der Waals surface area contributed by atoms with Crippen LogP contribution in [0.5, 0.6) is 0 Å². The number of carbonyl (C=O) groups excluding carboxylic acids is 2. The predicted octanol–water partition coefficient (Wildman–Crippen LogP) is 0.358. The largest absolute Gasteiger partial charge is 0.479 e. The fraction of sp³-hybridized carbons (Fsp3) is 0.600. The number of carboxylic acids is 2. The first-order valence-electron chi connectivity index (χ1n) is 5.31. The lowest BCUT2D eigenvalue weighted by Gasteiger charge is -2.10. The molecule has 0 aliphatic rings. The molecule has 0 radical (unpaired) electrons. The van der Waals surface area contributed by atoms with E-state index in [4.69, 9.17) is 10.2 Å². The Balaban J connectivity index is 4.31. The first-order valence-corrected chi connectivity index (χ1v) is 5.31. The van der Waals surface area contributed by atoms with Crippen molar-refractivity contribution in [2.24, 2.45) is 0 Å². The summed E-state index contributed by atoms with van der Waals surface area (Å²) in [5.74, 6) is -7.75. The van der Waals surface area contributed by atoms with E-state index in [0.29, 0.717) is 0 Å². The molecule has 4 unspecified atom stereocenters. The van der Waals surface area contributed by atoms with Crippen LogP contribution < -0.4 is 0 Å². The maximum atomic E-state index is 12.9. The van der Waals surface area contributed by atoms with Gasteiger partial charge in [0.1, 0.15) is 0 Å². The van der Waals surface area contributed by atoms with Gasteiger partial charge in [0.05, 0.1) is 12.8 Å². The molecule has 0 aliphatic heterocycles. The molecule has 120 valence electrons. The average molecular weight is 318 g/mol. The van der Waals surface area contributed by atoms with Gasteiger partial charge in [-0.2, -0.15) is 0 Å². The van der Waals surface area contributed by atoms with E-state index in [0.717, 1.165) is 0 Å². The maximum absolute atomic E-state index is 12.9. The van der Waals surface area contributed by atoms with E-state index in [1.807, 2.05) is 0 Å². The molecule has 7 nitrogen and oxygen atoms in total. The summed E-state index contributed by atoms with van der Waals surface area (Å²) in [5, 5.41) is 16.2. The number of rotatable bonds is 8. The van der Waals surface area contributed by atoms with Gasteiger partial charge in [0.2, 0.25) is 12.3 Å². The number of hydrogen-bond donors (Lipinski definition) is 2. The molecule has 0 aromatic heterocycles. The number of ether oxygens (including phenoxy) is 1. The number of carbonyl (C=O) groups is 4. The SMILES string of the molecule is O=C(CC(F)C(F)C(=O)O)OC(=O)CC(F)C(F)C(=O)O. The minimum atomic E-state index is -3.02. The molecule has 0 rings (SSSR count). The van der Waals surface area contributed by atoms with Crippen LogP contribution in [0.2, 0.25) is 0 Å². The van der Waals surface area contributed by atoms with Crippen molar-refractivity contribution in [2.75, 3.05) is 0 Å². The first-order chi connectivity index (χ1) is 9.56. The smallest absolute Gasteiger partial charge is 0.341 e. The lowest BCUT2D eigenvalue weighted by molar-refractivity contribution is -0.162. The minimum Gasteiger partial charge on any atom is -0.479 e. The van der Waals surface area contributed by atoms with Crippen molar-refractivity contribution in [3.05, 3.63) is 0 Å². The Morgan fingerprint density at radius 2 is 1.05 bits per heavy atom. The van der Waals surface area contributed by atoms with E-state index < -0.39 is 61.4 Å². The Morgan fingerprint density at radius 1 is 0.762 bits per heavy atom. The summed E-state index contributed by atoms with van der Waals surface area (Å²) < 4.78 is 54.7. The standard InChI is InChI=1S/C10H10F4O7/c11-3(7(13)9(17)18)1-5(15)21-6(16)2-4(12)8(14)10(19)20/h3-4,7-8H,1-2H2,(H,17,18)(H,19,20). The third-order valence-electron chi connectivity index (χ3n) is 2.06. The highest BCUT2D eigenvalue weighted by molar-refractivity contribution is 5.87. The normalized spacial score (nSPS) is 16.4. The summed E-state index contributed by atoms with van der Waals surface area (Å²) in [4.78, 5) is 41.9. The van der Waals surface area contributed by atoms with E-state index in [2.05, 4.69) is 4.74 Å². The predicted molar refractivity (Wildman–Crippen MR) is 55.2 cm³/mol. The van der Waals surface area contributed by atoms with Crippen molar-refractivity contribution in [2.45, 2.75) is 37.5 Å². The molecule has 2 N–H and O–H groups in total. The second-order valence-electron chi connectivity index (χ2n) is 3.77. The number of aliphatic carboxylic acids is 2. The number of hydrogen-bond acceptors (Lipinski definition) is 5. The van der Waals surface area contributed by atoms with Crippen LogP contribution in [-0.4, -0.2) is 58.8 Å². The summed E-state index contributed by atoms with van der Waals surface area (Å²) in [5.41, 5.74) is 0. The lowest BCUT2D eigenvalue weighted by atomic mass is 10.2. The van der Waals surface area contributed by atoms with E-state index in [1.54, 1.807) is 0 Å². The van der Waals surface area contributed by atoms with Crippen LogP contribution >= 0.6 is 0 Å². The molecule has 0 bridgehead atoms. The Hall–Kier alpha value is -2.20. The maximum Gasteiger partial charge on any atom is 0.341 e. The van der Waals surface area contributed by atoms with Gasteiger partial charge in [0.25, 0.3) is 0 Å². The van der Waals surface area contributed by atoms with Gasteiger partial charge in [-0.3, -0.25) is 9.59 Å². The molecule has 0 heterocycles. The van der Waals surface area contributed by atoms with Gasteiger partial charge >= 0.3 is 23.9 Å². The van der Waals surface area contributed by atoms with Crippen molar-refractivity contribution < 1.29 is 51.7 Å². The molecule has 0 amide bonds. The van der Waals surface area contributed by atoms with Crippen LogP contribution in [0.3, 0.4) is 0 Å². The van der Waals surface area contributed by atoms with Gasteiger partial charge < -0.3 is 14.9 Å². The Morgan fingerprint density at radius 3 is 1.29 bits per heavy atom. The molecule has 0 saturated carbocycles. The van der Waals surface area contributed by atoms with Crippen LogP contribution in [0, 0.1) is 0 Å². The molecule has 0 spiro atoms. The lowest BCUT2D eigenvalue weighted by Crippen LogP contribution is -2.31. The highest BCUT2D eigenvalue weighted by Gasteiger charge is 2.33. The molecule has 0 aromatic carbocycles. The summed E-state index contributed by atoms with van der Waals surface area (Å²) in [6.45, 7) is 0. The second kappa shape index (κ2) is 8.17. The van der Waals surface area contributed by atoms with E-state index in [1.165, 1.54) is 0 Å². The molecular weight excluding hydrogens is 308 g/mol. The zero-order chi connectivity index (χ0) is 16.7. The van der Waals surface area contributed by atoms with Crippen molar-refractivity contribution in [1.29, 1.82) is 0 Å². The van der Waals surface area contributed by atoms with E-state index in [-0.39, 0.29) is 0 Å². The Labute approximate surface area is 114 Å². The topological polar surface area (TPSA) is 118 Å². The van der Waals surface area contributed by atoms with Gasteiger partial charge in [-0.15, -0.1) is 0 Å². The molecule has 11 heteroatoms. The molecule has 0 aromatic rings. The molecule has 4 atom stereocenters. The Bertz CT molecular complexity index is 390. The number of alkyl halides is 4. The van der Waals surface area contributed by atoms with Crippen molar-refractivity contribution in [3.63, 3.8) is 0 Å². The Kier molecular flexibility index (Phi) is 7.31. The fourth-order valence-corrected chi connectivity index (χ4v) is 1.05. The highest BCUT2D eigenvalue weighted by Crippen LogP contribution is 2.12. The van der Waals surface area contributed by atoms with Gasteiger partial charge in [-0.1, -0.05) is 0 Å². The first kappa shape index (κ1) is 18.8. The van der Waals surface area contributed by atoms with Crippen molar-refractivity contribution >= 4 is 23.9 Å². The number of esters is 2. The quantitative estimate of drug-likeness (QED) is 0.377. The van der Waals surface area contributed by atoms with Crippen LogP contribution in [0.25, 0.3) is 0 Å². The van der Waals surface area contributed by atoms with Gasteiger partial charge in [-0.05, 0) is 0 Å². The molecule has 0 aliphatic carbocycles. The van der Waals surface area contributed by atoms with Crippen LogP contribution in [0.15, 0.2) is 0 Å². The molecule has 0 saturated heterocycles. The van der Waals surface area contributed by atoms with Crippen molar-refractivity contribution in [3.8, 4) is 0 Å². The molecule has 0 fully saturated rings. The van der Waals surface area contributed by atoms with Gasteiger partial charge in [0.15, 0.2) is 12.3 Å². The van der Waals surface area contributed by atoms with Crippen molar-refractivity contribution in [1.82, 2.24) is 0 Å². The van der Waals surface area contributed by atoms with Crippen LogP contribution in [-0.2, 0) is 23.9 Å². The second-order valence-corrected chi connectivity index (χ2v) is 3.77. The summed E-state index contributed by atoms with van der Waals surface area (Å²) >= 11 is 0. The molecular formula is C10H10F4O7. The monoisotopic (exact) mass is 318 g/mol. The minimum absolute atomic E-state index is 1.44. The summed E-state index contributed by atoms with van der Waals surface area (Å²) in [6.07, 6.45) is -14.5. The summed E-state index contributed by atoms with van der Waals surface area (Å²) in [7, 11) is 0. The van der Waals surface area contributed by atoms with E-state index >= 15 is 0 Å².